The Balaban J connectivity index is 1.53. The maximum atomic E-state index is 13.7. The second-order valence-corrected chi connectivity index (χ2v) is 8.96. The van der Waals surface area contributed by atoms with Gasteiger partial charge >= 0.3 is 5.97 Å². The molecule has 0 amide bonds. The Morgan fingerprint density at radius 2 is 1.89 bits per heavy atom. The number of carbonyl (C=O) groups is 1. The lowest BCUT2D eigenvalue weighted by molar-refractivity contribution is -0.195. The van der Waals surface area contributed by atoms with Crippen molar-refractivity contribution in [3.8, 4) is 5.75 Å². The first-order valence-corrected chi connectivity index (χ1v) is 9.66. The fraction of sp³-hybridized carbons (Fsp3) is 0.667. The Kier molecular flexibility index (Phi) is 5.69. The fourth-order valence-electron chi connectivity index (χ4n) is 4.11. The molecule has 156 valence electrons. The summed E-state index contributed by atoms with van der Waals surface area (Å²) >= 11 is 0. The Morgan fingerprint density at radius 1 is 1.21 bits per heavy atom. The third kappa shape index (κ3) is 4.46. The summed E-state index contributed by atoms with van der Waals surface area (Å²) in [5.74, 6) is -3.37. The minimum atomic E-state index is -1.23. The van der Waals surface area contributed by atoms with Crippen LogP contribution in [0.5, 0.6) is 5.75 Å². The number of ether oxygens (including phenoxy) is 3. The molecule has 2 aliphatic heterocycles. The second-order valence-electron chi connectivity index (χ2n) is 8.96. The zero-order valence-electron chi connectivity index (χ0n) is 16.6. The molecule has 2 heterocycles. The van der Waals surface area contributed by atoms with Crippen molar-refractivity contribution >= 4 is 5.97 Å². The average molecular weight is 398 g/mol. The minimum Gasteiger partial charge on any atom is -0.505 e. The number of phenolic OH excluding ortho intramolecular Hbond substituents is 1. The lowest BCUT2D eigenvalue weighted by Crippen LogP contribution is -2.49. The molecular weight excluding hydrogens is 370 g/mol. The molecule has 0 atom stereocenters. The van der Waals surface area contributed by atoms with Gasteiger partial charge in [-0.15, -0.1) is 0 Å². The Labute approximate surface area is 164 Å². The van der Waals surface area contributed by atoms with E-state index in [1.807, 2.05) is 20.8 Å². The molecule has 1 N–H and O–H groups in total. The molecule has 4 rings (SSSR count). The Morgan fingerprint density at radius 3 is 2.43 bits per heavy atom. The van der Waals surface area contributed by atoms with Gasteiger partial charge in [0.1, 0.15) is 12.2 Å². The maximum absolute atomic E-state index is 13.7. The highest BCUT2D eigenvalue weighted by atomic mass is 19.2. The molecule has 1 aromatic carbocycles. The number of benzene rings is 1. The molecular formula is C21H28F2O5. The largest absolute Gasteiger partial charge is 0.505 e. The highest BCUT2D eigenvalue weighted by Crippen LogP contribution is 2.55. The molecule has 1 saturated carbocycles. The SMILES string of the molecule is CC(C)(C)OC(=O)COCCC12CCC(c3cc(O)c(F)c(F)c3)(CC1)OC2. The van der Waals surface area contributed by atoms with E-state index in [0.29, 0.717) is 31.6 Å². The number of rotatable bonds is 6. The number of phenols is 1. The topological polar surface area (TPSA) is 65.0 Å². The van der Waals surface area contributed by atoms with Gasteiger partial charge in [0, 0.05) is 6.61 Å². The van der Waals surface area contributed by atoms with Gasteiger partial charge in [-0.25, -0.2) is 9.18 Å². The lowest BCUT2D eigenvalue weighted by atomic mass is 9.63. The molecule has 2 saturated heterocycles. The number of aromatic hydroxyl groups is 1. The average Bonchev–Trinajstić information content (AvgIpc) is 2.63. The van der Waals surface area contributed by atoms with Crippen molar-refractivity contribution < 1.29 is 32.9 Å². The monoisotopic (exact) mass is 398 g/mol. The Bertz CT molecular complexity index is 693. The van der Waals surface area contributed by atoms with Crippen LogP contribution in [-0.2, 0) is 24.6 Å². The molecule has 3 fully saturated rings. The summed E-state index contributed by atoms with van der Waals surface area (Å²) in [6.45, 7) is 6.27. The van der Waals surface area contributed by atoms with E-state index in [2.05, 4.69) is 0 Å². The summed E-state index contributed by atoms with van der Waals surface area (Å²) in [5.41, 5.74) is -0.753. The molecule has 0 aromatic heterocycles. The van der Waals surface area contributed by atoms with Crippen molar-refractivity contribution in [1.82, 2.24) is 0 Å². The van der Waals surface area contributed by atoms with Crippen molar-refractivity contribution in [3.05, 3.63) is 29.3 Å². The number of hydrogen-bond acceptors (Lipinski definition) is 5. The fourth-order valence-corrected chi connectivity index (χ4v) is 4.11. The van der Waals surface area contributed by atoms with Crippen molar-refractivity contribution in [3.63, 3.8) is 0 Å². The van der Waals surface area contributed by atoms with Crippen LogP contribution in [0.25, 0.3) is 0 Å². The van der Waals surface area contributed by atoms with Crippen molar-refractivity contribution in [2.75, 3.05) is 19.8 Å². The van der Waals surface area contributed by atoms with Gasteiger partial charge in [0.2, 0.25) is 0 Å². The molecule has 1 aliphatic carbocycles. The third-order valence-corrected chi connectivity index (χ3v) is 5.72. The van der Waals surface area contributed by atoms with Crippen LogP contribution in [0.4, 0.5) is 8.78 Å². The van der Waals surface area contributed by atoms with Crippen LogP contribution in [0.15, 0.2) is 12.1 Å². The highest BCUT2D eigenvalue weighted by molar-refractivity contribution is 5.71. The van der Waals surface area contributed by atoms with Crippen molar-refractivity contribution in [2.45, 2.75) is 64.1 Å². The summed E-state index contributed by atoms with van der Waals surface area (Å²) in [5, 5.41) is 9.62. The molecule has 1 aromatic rings. The van der Waals surface area contributed by atoms with E-state index in [-0.39, 0.29) is 18.0 Å². The standard InChI is InChI=1S/C21H28F2O5/c1-19(2,3)28-17(25)12-26-9-8-20-4-6-21(7-5-20,27-13-20)14-10-15(22)18(23)16(24)11-14/h10-11,24H,4-9,12-13H2,1-3H3. The number of hydrogen-bond donors (Lipinski definition) is 1. The maximum Gasteiger partial charge on any atom is 0.332 e. The molecule has 5 nitrogen and oxygen atoms in total. The van der Waals surface area contributed by atoms with Crippen LogP contribution < -0.4 is 0 Å². The number of carbonyl (C=O) groups excluding carboxylic acids is 1. The van der Waals surface area contributed by atoms with Crippen LogP contribution in [0.3, 0.4) is 0 Å². The van der Waals surface area contributed by atoms with E-state index in [4.69, 9.17) is 14.2 Å². The molecule has 7 heteroatoms. The van der Waals surface area contributed by atoms with Crippen molar-refractivity contribution in [1.29, 1.82) is 0 Å². The van der Waals surface area contributed by atoms with Gasteiger partial charge in [-0.3, -0.25) is 0 Å². The number of esters is 1. The first-order valence-electron chi connectivity index (χ1n) is 9.66. The van der Waals surface area contributed by atoms with Crippen LogP contribution in [-0.4, -0.2) is 36.5 Å². The second kappa shape index (κ2) is 7.59. The van der Waals surface area contributed by atoms with Crippen LogP contribution >= 0.6 is 0 Å². The van der Waals surface area contributed by atoms with Crippen LogP contribution in [0.2, 0.25) is 0 Å². The summed E-state index contributed by atoms with van der Waals surface area (Å²) in [7, 11) is 0. The number of fused-ring (bicyclic) bond motifs is 3. The van der Waals surface area contributed by atoms with Gasteiger partial charge < -0.3 is 19.3 Å². The zero-order chi connectivity index (χ0) is 20.6. The van der Waals surface area contributed by atoms with Gasteiger partial charge in [-0.2, -0.15) is 4.39 Å². The molecule has 2 bridgehead atoms. The van der Waals surface area contributed by atoms with E-state index >= 15 is 0 Å². The van der Waals surface area contributed by atoms with Crippen molar-refractivity contribution in [2.24, 2.45) is 5.41 Å². The normalized spacial score (nSPS) is 27.0. The first-order chi connectivity index (χ1) is 13.0. The van der Waals surface area contributed by atoms with Gasteiger partial charge in [0.05, 0.1) is 12.2 Å². The van der Waals surface area contributed by atoms with E-state index in [0.717, 1.165) is 25.3 Å². The first kappa shape index (κ1) is 21.0. The van der Waals surface area contributed by atoms with Gasteiger partial charge in [-0.1, -0.05) is 0 Å². The van der Waals surface area contributed by atoms with E-state index in [9.17, 15) is 18.7 Å². The van der Waals surface area contributed by atoms with Crippen LogP contribution in [0, 0.1) is 17.0 Å². The van der Waals surface area contributed by atoms with Gasteiger partial charge in [-0.05, 0) is 76.0 Å². The highest BCUT2D eigenvalue weighted by Gasteiger charge is 2.50. The zero-order valence-corrected chi connectivity index (χ0v) is 16.6. The molecule has 3 aliphatic rings. The summed E-state index contributed by atoms with van der Waals surface area (Å²) in [4.78, 5) is 11.7. The quantitative estimate of drug-likeness (QED) is 0.575. The molecule has 28 heavy (non-hydrogen) atoms. The van der Waals surface area contributed by atoms with E-state index in [1.165, 1.54) is 6.07 Å². The summed E-state index contributed by atoms with van der Waals surface area (Å²) in [6.07, 6.45) is 3.83. The van der Waals surface area contributed by atoms with Gasteiger partial charge in [0.25, 0.3) is 0 Å². The predicted octanol–water partition coefficient (Wildman–Crippen LogP) is 4.20. The van der Waals surface area contributed by atoms with Crippen LogP contribution in [0.1, 0.15) is 58.4 Å². The van der Waals surface area contributed by atoms with Gasteiger partial charge in [0.15, 0.2) is 17.4 Å². The summed E-state index contributed by atoms with van der Waals surface area (Å²) < 4.78 is 43.9. The summed E-state index contributed by atoms with van der Waals surface area (Å²) in [6, 6.07) is 2.39. The molecule has 0 unspecified atom stereocenters. The van der Waals surface area contributed by atoms with E-state index < -0.39 is 28.6 Å². The smallest absolute Gasteiger partial charge is 0.332 e. The number of halogens is 2. The van der Waals surface area contributed by atoms with E-state index in [1.54, 1.807) is 0 Å². The third-order valence-electron chi connectivity index (χ3n) is 5.72. The predicted molar refractivity (Wildman–Crippen MR) is 97.8 cm³/mol. The minimum absolute atomic E-state index is 0.0314. The molecule has 0 radical (unpaired) electrons. The Hall–Kier alpha value is -1.73. The lowest BCUT2D eigenvalue weighted by Gasteiger charge is -2.53. The molecule has 0 spiro atoms.